The van der Waals surface area contributed by atoms with Crippen LogP contribution in [0.5, 0.6) is 0 Å². The summed E-state index contributed by atoms with van der Waals surface area (Å²) in [5, 5.41) is 5.91. The Labute approximate surface area is 145 Å². The maximum absolute atomic E-state index is 12.7. The predicted octanol–water partition coefficient (Wildman–Crippen LogP) is 1.84. The molecular weight excluding hydrogens is 326 g/mol. The first-order valence-electron chi connectivity index (χ1n) is 8.56. The average molecular weight is 356 g/mol. The minimum atomic E-state index is -3.50. The van der Waals surface area contributed by atoms with Gasteiger partial charge in [-0.15, -0.1) is 0 Å². The number of amides is 1. The zero-order valence-electron chi connectivity index (χ0n) is 14.8. The number of likely N-dealkylation sites (N-methyl/N-ethyl adjacent to an activating group) is 1. The van der Waals surface area contributed by atoms with Crippen molar-refractivity contribution in [3.63, 3.8) is 0 Å². The summed E-state index contributed by atoms with van der Waals surface area (Å²) >= 11 is 0. The van der Waals surface area contributed by atoms with Crippen LogP contribution in [-0.4, -0.2) is 51.4 Å². The van der Waals surface area contributed by atoms with Crippen molar-refractivity contribution in [2.75, 3.05) is 32.7 Å². The summed E-state index contributed by atoms with van der Waals surface area (Å²) in [5.41, 5.74) is 0.461. The van der Waals surface area contributed by atoms with Crippen LogP contribution in [0.2, 0.25) is 0 Å². The van der Waals surface area contributed by atoms with Crippen LogP contribution in [0.3, 0.4) is 0 Å². The third kappa shape index (κ3) is 5.89. The molecular formula is C17H29N3O3S. The molecule has 0 saturated carbocycles. The average Bonchev–Trinajstić information content (AvgIpc) is 2.58. The molecule has 0 fully saturated rings. The van der Waals surface area contributed by atoms with Crippen LogP contribution in [0.25, 0.3) is 0 Å². The van der Waals surface area contributed by atoms with E-state index in [0.29, 0.717) is 31.7 Å². The number of rotatable bonds is 11. The van der Waals surface area contributed by atoms with Crippen LogP contribution in [0.4, 0.5) is 0 Å². The van der Waals surface area contributed by atoms with Crippen molar-refractivity contribution in [1.29, 1.82) is 0 Å². The minimum absolute atomic E-state index is 0.198. The number of nitrogens with zero attached hydrogens (tertiary/aromatic N) is 1. The second kappa shape index (κ2) is 10.4. The zero-order chi connectivity index (χ0) is 18.0. The number of hydrogen-bond donors (Lipinski definition) is 2. The van der Waals surface area contributed by atoms with Crippen molar-refractivity contribution in [3.8, 4) is 0 Å². The van der Waals surface area contributed by atoms with Crippen LogP contribution in [0.15, 0.2) is 29.2 Å². The lowest BCUT2D eigenvalue weighted by Crippen LogP contribution is -2.33. The highest BCUT2D eigenvalue weighted by Gasteiger charge is 2.23. The SMILES string of the molecule is CCCN(CCC)S(=O)(=O)c1ccc(C(=O)NCCNCC)cc1. The fourth-order valence-corrected chi connectivity index (χ4v) is 3.95. The van der Waals surface area contributed by atoms with E-state index in [1.807, 2.05) is 20.8 Å². The molecule has 0 atom stereocenters. The Balaban J connectivity index is 2.79. The third-order valence-corrected chi connectivity index (χ3v) is 5.45. The van der Waals surface area contributed by atoms with Gasteiger partial charge in [-0.05, 0) is 43.7 Å². The van der Waals surface area contributed by atoms with Crippen LogP contribution < -0.4 is 10.6 Å². The normalized spacial score (nSPS) is 11.7. The van der Waals surface area contributed by atoms with Gasteiger partial charge in [0.05, 0.1) is 4.90 Å². The molecule has 0 aromatic heterocycles. The molecule has 1 aromatic carbocycles. The quantitative estimate of drug-likeness (QED) is 0.594. The fourth-order valence-electron chi connectivity index (χ4n) is 2.32. The third-order valence-electron chi connectivity index (χ3n) is 3.54. The topological polar surface area (TPSA) is 78.5 Å². The first-order valence-corrected chi connectivity index (χ1v) is 10.0. The van der Waals surface area contributed by atoms with Gasteiger partial charge >= 0.3 is 0 Å². The lowest BCUT2D eigenvalue weighted by Gasteiger charge is -2.21. The van der Waals surface area contributed by atoms with E-state index < -0.39 is 10.0 Å². The molecule has 24 heavy (non-hydrogen) atoms. The van der Waals surface area contributed by atoms with Crippen molar-refractivity contribution in [3.05, 3.63) is 29.8 Å². The smallest absolute Gasteiger partial charge is 0.251 e. The summed E-state index contributed by atoms with van der Waals surface area (Å²) in [6.07, 6.45) is 1.54. The summed E-state index contributed by atoms with van der Waals surface area (Å²) < 4.78 is 26.8. The molecule has 0 heterocycles. The van der Waals surface area contributed by atoms with Crippen molar-refractivity contribution in [2.45, 2.75) is 38.5 Å². The molecule has 0 bridgehead atoms. The molecule has 136 valence electrons. The van der Waals surface area contributed by atoms with Gasteiger partial charge in [0.25, 0.3) is 5.91 Å². The van der Waals surface area contributed by atoms with Gasteiger partial charge in [-0.25, -0.2) is 8.42 Å². The largest absolute Gasteiger partial charge is 0.351 e. The van der Waals surface area contributed by atoms with Crippen LogP contribution >= 0.6 is 0 Å². The zero-order valence-corrected chi connectivity index (χ0v) is 15.7. The Bertz CT molecular complexity index is 594. The fraction of sp³-hybridized carbons (Fsp3) is 0.588. The van der Waals surface area contributed by atoms with Crippen molar-refractivity contribution < 1.29 is 13.2 Å². The number of nitrogens with one attached hydrogen (secondary N) is 2. The summed E-state index contributed by atoms with van der Waals surface area (Å²) in [4.78, 5) is 12.2. The lowest BCUT2D eigenvalue weighted by atomic mass is 10.2. The van der Waals surface area contributed by atoms with Gasteiger partial charge in [0.2, 0.25) is 10.0 Å². The molecule has 7 heteroatoms. The second-order valence-electron chi connectivity index (χ2n) is 5.54. The maximum atomic E-state index is 12.7. The van der Waals surface area contributed by atoms with Crippen LogP contribution in [-0.2, 0) is 10.0 Å². The van der Waals surface area contributed by atoms with E-state index >= 15 is 0 Å². The van der Waals surface area contributed by atoms with Crippen molar-refractivity contribution in [1.82, 2.24) is 14.9 Å². The Morgan fingerprint density at radius 2 is 1.58 bits per heavy atom. The molecule has 6 nitrogen and oxygen atoms in total. The molecule has 0 saturated heterocycles. The van der Waals surface area contributed by atoms with Crippen LogP contribution in [0, 0.1) is 0 Å². The summed E-state index contributed by atoms with van der Waals surface area (Å²) in [6.45, 7) is 9.02. The number of hydrogen-bond acceptors (Lipinski definition) is 4. The summed E-state index contributed by atoms with van der Waals surface area (Å²) in [6, 6.07) is 6.14. The molecule has 0 aliphatic heterocycles. The number of carbonyl (C=O) groups is 1. The standard InChI is InChI=1S/C17H29N3O3S/c1-4-13-20(14-5-2)24(22,23)16-9-7-15(8-10-16)17(21)19-12-11-18-6-3/h7-10,18H,4-6,11-14H2,1-3H3,(H,19,21). The molecule has 2 N–H and O–H groups in total. The van der Waals surface area contributed by atoms with Crippen molar-refractivity contribution in [2.24, 2.45) is 0 Å². The van der Waals surface area contributed by atoms with E-state index in [4.69, 9.17) is 0 Å². The van der Waals surface area contributed by atoms with E-state index in [-0.39, 0.29) is 10.8 Å². The monoisotopic (exact) mass is 355 g/mol. The second-order valence-corrected chi connectivity index (χ2v) is 7.48. The molecule has 1 rings (SSSR count). The van der Waals surface area contributed by atoms with E-state index in [1.54, 1.807) is 12.1 Å². The summed E-state index contributed by atoms with van der Waals surface area (Å²) in [5.74, 6) is -0.198. The van der Waals surface area contributed by atoms with Crippen LogP contribution in [0.1, 0.15) is 44.0 Å². The Kier molecular flexibility index (Phi) is 8.95. The highest BCUT2D eigenvalue weighted by Crippen LogP contribution is 2.17. The molecule has 0 radical (unpaired) electrons. The van der Waals surface area contributed by atoms with E-state index in [2.05, 4.69) is 10.6 Å². The lowest BCUT2D eigenvalue weighted by molar-refractivity contribution is 0.0954. The van der Waals surface area contributed by atoms with Gasteiger partial charge in [-0.1, -0.05) is 20.8 Å². The Hall–Kier alpha value is -1.44. The maximum Gasteiger partial charge on any atom is 0.251 e. The number of carbonyl (C=O) groups excluding carboxylic acids is 1. The Morgan fingerprint density at radius 1 is 1.00 bits per heavy atom. The predicted molar refractivity (Wildman–Crippen MR) is 96.7 cm³/mol. The molecule has 0 aliphatic rings. The number of sulfonamides is 1. The van der Waals surface area contributed by atoms with Crippen molar-refractivity contribution >= 4 is 15.9 Å². The molecule has 1 amide bonds. The molecule has 1 aromatic rings. The van der Waals surface area contributed by atoms with E-state index in [0.717, 1.165) is 19.4 Å². The van der Waals surface area contributed by atoms with Gasteiger partial charge in [-0.3, -0.25) is 4.79 Å². The highest BCUT2D eigenvalue weighted by molar-refractivity contribution is 7.89. The molecule has 0 unspecified atom stereocenters. The first-order chi connectivity index (χ1) is 11.5. The number of benzene rings is 1. The van der Waals surface area contributed by atoms with Gasteiger partial charge in [0.1, 0.15) is 0 Å². The molecule has 0 aliphatic carbocycles. The van der Waals surface area contributed by atoms with Gasteiger partial charge in [0, 0.05) is 31.7 Å². The van der Waals surface area contributed by atoms with E-state index in [9.17, 15) is 13.2 Å². The van der Waals surface area contributed by atoms with E-state index in [1.165, 1.54) is 16.4 Å². The summed E-state index contributed by atoms with van der Waals surface area (Å²) in [7, 11) is -3.50. The van der Waals surface area contributed by atoms with Gasteiger partial charge in [0.15, 0.2) is 0 Å². The molecule has 0 spiro atoms. The minimum Gasteiger partial charge on any atom is -0.351 e. The first kappa shape index (κ1) is 20.6. The Morgan fingerprint density at radius 3 is 2.08 bits per heavy atom. The highest BCUT2D eigenvalue weighted by atomic mass is 32.2. The van der Waals surface area contributed by atoms with Gasteiger partial charge in [-0.2, -0.15) is 4.31 Å². The van der Waals surface area contributed by atoms with Gasteiger partial charge < -0.3 is 10.6 Å².